The summed E-state index contributed by atoms with van der Waals surface area (Å²) in [7, 11) is 0. The van der Waals surface area contributed by atoms with E-state index in [2.05, 4.69) is 5.32 Å². The average molecular weight is 260 g/mol. The third-order valence-electron chi connectivity index (χ3n) is 3.59. The van der Waals surface area contributed by atoms with Crippen LogP contribution in [-0.4, -0.2) is 18.3 Å². The van der Waals surface area contributed by atoms with Crippen molar-refractivity contribution in [3.05, 3.63) is 0 Å². The molecule has 0 bridgehead atoms. The minimum Gasteiger partial charge on any atom is -0.356 e. The van der Waals surface area contributed by atoms with Gasteiger partial charge in [0.15, 0.2) is 0 Å². The molecule has 1 amide bonds. The van der Waals surface area contributed by atoms with E-state index in [-0.39, 0.29) is 11.8 Å². The second-order valence-electron chi connectivity index (χ2n) is 5.08. The van der Waals surface area contributed by atoms with Crippen molar-refractivity contribution in [2.75, 3.05) is 12.4 Å². The molecule has 1 rings (SSSR count). The summed E-state index contributed by atoms with van der Waals surface area (Å²) in [5.74, 6) is 1.30. The number of unbranched alkanes of at least 4 members (excludes halogenated alkanes) is 2. The minimum atomic E-state index is 0.281. The first-order chi connectivity index (χ1) is 8.34. The highest BCUT2D eigenvalue weighted by atomic mass is 35.5. The normalized spacial score (nSPS) is 18.4. The van der Waals surface area contributed by atoms with Gasteiger partial charge >= 0.3 is 0 Å². The van der Waals surface area contributed by atoms with Crippen LogP contribution >= 0.6 is 11.6 Å². The Balaban J connectivity index is 2.11. The standard InChI is InChI=1S/C14H26ClNO/c15-11-7-4-8-12-16-14(17)13-9-5-2-1-3-6-10-13/h13H,1-12H2,(H,16,17). The number of carbonyl (C=O) groups is 1. The summed E-state index contributed by atoms with van der Waals surface area (Å²) in [6.07, 6.45) is 11.8. The molecule has 3 heteroatoms. The highest BCUT2D eigenvalue weighted by molar-refractivity contribution is 6.17. The molecule has 1 saturated carbocycles. The van der Waals surface area contributed by atoms with Crippen molar-refractivity contribution in [2.45, 2.75) is 64.2 Å². The van der Waals surface area contributed by atoms with Gasteiger partial charge in [-0.2, -0.15) is 0 Å². The highest BCUT2D eigenvalue weighted by Gasteiger charge is 2.18. The van der Waals surface area contributed by atoms with E-state index in [0.717, 1.165) is 44.5 Å². The van der Waals surface area contributed by atoms with Crippen LogP contribution in [0.4, 0.5) is 0 Å². The van der Waals surface area contributed by atoms with E-state index < -0.39 is 0 Å². The molecule has 0 radical (unpaired) electrons. The Kier molecular flexibility index (Phi) is 8.50. The van der Waals surface area contributed by atoms with Crippen molar-refractivity contribution in [1.82, 2.24) is 5.32 Å². The maximum absolute atomic E-state index is 12.0. The van der Waals surface area contributed by atoms with Gasteiger partial charge in [-0.05, 0) is 25.7 Å². The van der Waals surface area contributed by atoms with E-state index in [0.29, 0.717) is 0 Å². The molecular formula is C14H26ClNO. The zero-order valence-corrected chi connectivity index (χ0v) is 11.6. The number of hydrogen-bond acceptors (Lipinski definition) is 1. The summed E-state index contributed by atoms with van der Waals surface area (Å²) >= 11 is 5.61. The molecule has 0 heterocycles. The Bertz CT molecular complexity index is 200. The molecule has 0 aliphatic heterocycles. The molecule has 0 aromatic heterocycles. The van der Waals surface area contributed by atoms with Crippen LogP contribution in [0.25, 0.3) is 0 Å². The van der Waals surface area contributed by atoms with Crippen molar-refractivity contribution in [3.8, 4) is 0 Å². The fourth-order valence-electron chi connectivity index (χ4n) is 2.47. The molecule has 1 aliphatic rings. The Morgan fingerprint density at radius 1 is 1.00 bits per heavy atom. The van der Waals surface area contributed by atoms with Gasteiger partial charge in [-0.15, -0.1) is 11.6 Å². The molecular weight excluding hydrogens is 234 g/mol. The van der Waals surface area contributed by atoms with E-state index in [1.807, 2.05) is 0 Å². The fraction of sp³-hybridized carbons (Fsp3) is 0.929. The zero-order chi connectivity index (χ0) is 12.3. The fourth-order valence-corrected chi connectivity index (χ4v) is 2.66. The first-order valence-corrected chi connectivity index (χ1v) is 7.71. The molecule has 0 saturated heterocycles. The topological polar surface area (TPSA) is 29.1 Å². The lowest BCUT2D eigenvalue weighted by Gasteiger charge is -2.19. The summed E-state index contributed by atoms with van der Waals surface area (Å²) in [6, 6.07) is 0. The van der Waals surface area contributed by atoms with Gasteiger partial charge in [0.25, 0.3) is 0 Å². The van der Waals surface area contributed by atoms with Gasteiger partial charge in [-0.25, -0.2) is 0 Å². The second-order valence-corrected chi connectivity index (χ2v) is 5.46. The highest BCUT2D eigenvalue weighted by Crippen LogP contribution is 2.22. The van der Waals surface area contributed by atoms with Crippen LogP contribution in [0.2, 0.25) is 0 Å². The number of amides is 1. The Labute approximate surface area is 110 Å². The quantitative estimate of drug-likeness (QED) is 0.569. The molecule has 0 spiro atoms. The molecule has 1 N–H and O–H groups in total. The van der Waals surface area contributed by atoms with E-state index in [1.54, 1.807) is 0 Å². The summed E-state index contributed by atoms with van der Waals surface area (Å²) in [6.45, 7) is 0.826. The number of halogens is 1. The molecule has 0 atom stereocenters. The second kappa shape index (κ2) is 9.76. The van der Waals surface area contributed by atoms with E-state index >= 15 is 0 Å². The molecule has 0 aromatic rings. The number of rotatable bonds is 6. The summed E-state index contributed by atoms with van der Waals surface area (Å²) in [4.78, 5) is 12.0. The molecule has 0 aromatic carbocycles. The molecule has 100 valence electrons. The molecule has 2 nitrogen and oxygen atoms in total. The van der Waals surface area contributed by atoms with Crippen LogP contribution in [0.15, 0.2) is 0 Å². The number of nitrogens with one attached hydrogen (secondary N) is 1. The first-order valence-electron chi connectivity index (χ1n) is 7.18. The summed E-state index contributed by atoms with van der Waals surface area (Å²) in [5, 5.41) is 3.08. The van der Waals surface area contributed by atoms with Crippen molar-refractivity contribution >= 4 is 17.5 Å². The summed E-state index contributed by atoms with van der Waals surface area (Å²) in [5.41, 5.74) is 0. The maximum atomic E-state index is 12.0. The third kappa shape index (κ3) is 6.92. The molecule has 17 heavy (non-hydrogen) atoms. The number of alkyl halides is 1. The van der Waals surface area contributed by atoms with Gasteiger partial charge < -0.3 is 5.32 Å². The number of carbonyl (C=O) groups excluding carboxylic acids is 1. The lowest BCUT2D eigenvalue weighted by molar-refractivity contribution is -0.125. The lowest BCUT2D eigenvalue weighted by Crippen LogP contribution is -2.31. The predicted molar refractivity (Wildman–Crippen MR) is 73.4 cm³/mol. The van der Waals surface area contributed by atoms with Gasteiger partial charge in [0, 0.05) is 18.3 Å². The van der Waals surface area contributed by atoms with Crippen LogP contribution in [0.5, 0.6) is 0 Å². The molecule has 1 fully saturated rings. The van der Waals surface area contributed by atoms with E-state index in [9.17, 15) is 4.79 Å². The maximum Gasteiger partial charge on any atom is 0.223 e. The van der Waals surface area contributed by atoms with Crippen molar-refractivity contribution in [2.24, 2.45) is 5.92 Å². The summed E-state index contributed by atoms with van der Waals surface area (Å²) < 4.78 is 0. The SMILES string of the molecule is O=C(NCCCCCCl)C1CCCCCCC1. The zero-order valence-electron chi connectivity index (χ0n) is 10.8. The van der Waals surface area contributed by atoms with E-state index in [1.165, 1.54) is 32.1 Å². The van der Waals surface area contributed by atoms with Crippen LogP contribution < -0.4 is 5.32 Å². The molecule has 0 unspecified atom stereocenters. The predicted octanol–water partition coefficient (Wildman–Crippen LogP) is 3.87. The van der Waals surface area contributed by atoms with Gasteiger partial charge in [0.05, 0.1) is 0 Å². The van der Waals surface area contributed by atoms with Crippen LogP contribution in [0.3, 0.4) is 0 Å². The van der Waals surface area contributed by atoms with Crippen molar-refractivity contribution in [1.29, 1.82) is 0 Å². The lowest BCUT2D eigenvalue weighted by atomic mass is 9.90. The largest absolute Gasteiger partial charge is 0.356 e. The minimum absolute atomic E-state index is 0.281. The van der Waals surface area contributed by atoms with Crippen LogP contribution in [0, 0.1) is 5.92 Å². The monoisotopic (exact) mass is 259 g/mol. The van der Waals surface area contributed by atoms with E-state index in [4.69, 9.17) is 11.6 Å². The van der Waals surface area contributed by atoms with Gasteiger partial charge in [-0.3, -0.25) is 4.79 Å². The smallest absolute Gasteiger partial charge is 0.223 e. The van der Waals surface area contributed by atoms with Crippen LogP contribution in [-0.2, 0) is 4.79 Å². The van der Waals surface area contributed by atoms with Gasteiger partial charge in [-0.1, -0.05) is 38.5 Å². The first kappa shape index (κ1) is 14.8. The number of hydrogen-bond donors (Lipinski definition) is 1. The van der Waals surface area contributed by atoms with Gasteiger partial charge in [0.1, 0.15) is 0 Å². The van der Waals surface area contributed by atoms with Crippen molar-refractivity contribution in [3.63, 3.8) is 0 Å². The van der Waals surface area contributed by atoms with Crippen molar-refractivity contribution < 1.29 is 4.79 Å². The van der Waals surface area contributed by atoms with Crippen LogP contribution in [0.1, 0.15) is 64.2 Å². The molecule has 1 aliphatic carbocycles. The Morgan fingerprint density at radius 3 is 2.29 bits per heavy atom. The Hall–Kier alpha value is -0.240. The average Bonchev–Trinajstić information content (AvgIpc) is 2.28. The van der Waals surface area contributed by atoms with Gasteiger partial charge in [0.2, 0.25) is 5.91 Å². The third-order valence-corrected chi connectivity index (χ3v) is 3.85. The Morgan fingerprint density at radius 2 is 1.65 bits per heavy atom.